The number of methoxy groups -OCH3 is 1. The van der Waals surface area contributed by atoms with Crippen LogP contribution in [0.2, 0.25) is 0 Å². The summed E-state index contributed by atoms with van der Waals surface area (Å²) >= 11 is 3.41. The number of benzene rings is 2. The van der Waals surface area contributed by atoms with E-state index in [0.29, 0.717) is 17.9 Å². The molecule has 26 heavy (non-hydrogen) atoms. The Labute approximate surface area is 161 Å². The zero-order valence-corrected chi connectivity index (χ0v) is 16.5. The molecule has 0 atom stereocenters. The molecule has 1 N–H and O–H groups in total. The summed E-state index contributed by atoms with van der Waals surface area (Å²) in [7, 11) is 4.92. The molecule has 0 aliphatic heterocycles. The summed E-state index contributed by atoms with van der Waals surface area (Å²) in [5.41, 5.74) is 2.35. The number of hydrogen-bond acceptors (Lipinski definition) is 3. The van der Waals surface area contributed by atoms with Crippen LogP contribution < -0.4 is 10.1 Å². The van der Waals surface area contributed by atoms with Gasteiger partial charge in [0.25, 0.3) is 5.91 Å². The fourth-order valence-corrected chi connectivity index (χ4v) is 2.76. The second-order valence-corrected chi connectivity index (χ2v) is 6.61. The molecular weight excluding hydrogens is 396 g/mol. The molecule has 0 radical (unpaired) electrons. The van der Waals surface area contributed by atoms with Gasteiger partial charge in [0, 0.05) is 42.3 Å². The first-order valence-electron chi connectivity index (χ1n) is 8.02. The molecule has 136 valence electrons. The smallest absolute Gasteiger partial charge is 0.251 e. The van der Waals surface area contributed by atoms with Gasteiger partial charge >= 0.3 is 0 Å². The van der Waals surface area contributed by atoms with Crippen LogP contribution in [0.3, 0.4) is 0 Å². The highest BCUT2D eigenvalue weighted by Gasteiger charge is 2.08. The first-order chi connectivity index (χ1) is 12.4. The van der Waals surface area contributed by atoms with Crippen LogP contribution in [0, 0.1) is 0 Å². The van der Waals surface area contributed by atoms with Gasteiger partial charge in [0.05, 0.1) is 7.11 Å². The van der Waals surface area contributed by atoms with Crippen molar-refractivity contribution in [1.82, 2.24) is 10.2 Å². The number of ether oxygens (including phenoxy) is 1. The van der Waals surface area contributed by atoms with E-state index in [1.165, 1.54) is 6.08 Å². The third-order valence-corrected chi connectivity index (χ3v) is 4.33. The predicted molar refractivity (Wildman–Crippen MR) is 106 cm³/mol. The number of likely N-dealkylation sites (N-methyl/N-ethyl adjacent to an activating group) is 1. The molecule has 2 aromatic rings. The highest BCUT2D eigenvalue weighted by Crippen LogP contribution is 2.24. The van der Waals surface area contributed by atoms with Crippen LogP contribution >= 0.6 is 15.9 Å². The molecule has 6 heteroatoms. The Morgan fingerprint density at radius 3 is 2.50 bits per heavy atom. The van der Waals surface area contributed by atoms with Gasteiger partial charge in [-0.2, -0.15) is 0 Å². The van der Waals surface area contributed by atoms with Crippen molar-refractivity contribution in [1.29, 1.82) is 0 Å². The normalized spacial score (nSPS) is 10.6. The average molecular weight is 417 g/mol. The molecule has 2 aromatic carbocycles. The van der Waals surface area contributed by atoms with Gasteiger partial charge in [0.15, 0.2) is 0 Å². The number of carbonyl (C=O) groups excluding carboxylic acids is 2. The summed E-state index contributed by atoms with van der Waals surface area (Å²) in [6.45, 7) is 0.451. The van der Waals surface area contributed by atoms with Crippen LogP contribution in [0.4, 0.5) is 0 Å². The topological polar surface area (TPSA) is 58.6 Å². The van der Waals surface area contributed by atoms with E-state index in [1.54, 1.807) is 44.3 Å². The second kappa shape index (κ2) is 9.20. The largest absolute Gasteiger partial charge is 0.496 e. The van der Waals surface area contributed by atoms with Crippen molar-refractivity contribution in [2.45, 2.75) is 6.54 Å². The SMILES string of the molecule is CNC(=O)c1ccc(CN(C)C(=O)/C=C/c2cc(Br)ccc2OC)cc1. The zero-order chi connectivity index (χ0) is 19.1. The Morgan fingerprint density at radius 2 is 1.88 bits per heavy atom. The van der Waals surface area contributed by atoms with Crippen LogP contribution in [0.5, 0.6) is 5.75 Å². The van der Waals surface area contributed by atoms with E-state index >= 15 is 0 Å². The lowest BCUT2D eigenvalue weighted by atomic mass is 10.1. The molecule has 0 bridgehead atoms. The first-order valence-corrected chi connectivity index (χ1v) is 8.81. The number of halogens is 1. The van der Waals surface area contributed by atoms with E-state index in [0.717, 1.165) is 15.6 Å². The van der Waals surface area contributed by atoms with E-state index in [4.69, 9.17) is 4.74 Å². The van der Waals surface area contributed by atoms with Crippen molar-refractivity contribution in [3.63, 3.8) is 0 Å². The molecule has 0 aromatic heterocycles. The summed E-state index contributed by atoms with van der Waals surface area (Å²) in [6.07, 6.45) is 3.25. The molecule has 0 unspecified atom stereocenters. The van der Waals surface area contributed by atoms with Gasteiger partial charge in [-0.1, -0.05) is 28.1 Å². The van der Waals surface area contributed by atoms with E-state index in [9.17, 15) is 9.59 Å². The van der Waals surface area contributed by atoms with Gasteiger partial charge in [-0.25, -0.2) is 0 Å². The van der Waals surface area contributed by atoms with Gasteiger partial charge in [-0.3, -0.25) is 9.59 Å². The van der Waals surface area contributed by atoms with Crippen molar-refractivity contribution in [3.8, 4) is 5.75 Å². The van der Waals surface area contributed by atoms with Gasteiger partial charge in [0.1, 0.15) is 5.75 Å². The van der Waals surface area contributed by atoms with Crippen molar-refractivity contribution in [2.24, 2.45) is 0 Å². The third kappa shape index (κ3) is 5.20. The third-order valence-electron chi connectivity index (χ3n) is 3.84. The van der Waals surface area contributed by atoms with Gasteiger partial charge in [-0.15, -0.1) is 0 Å². The Bertz CT molecular complexity index is 816. The van der Waals surface area contributed by atoms with Crippen LogP contribution in [0.1, 0.15) is 21.5 Å². The Morgan fingerprint density at radius 1 is 1.19 bits per heavy atom. The van der Waals surface area contributed by atoms with Gasteiger partial charge < -0.3 is 15.0 Å². The van der Waals surface area contributed by atoms with Crippen LogP contribution in [-0.2, 0) is 11.3 Å². The number of nitrogens with zero attached hydrogens (tertiary/aromatic N) is 1. The van der Waals surface area contributed by atoms with Crippen LogP contribution in [0.25, 0.3) is 6.08 Å². The quantitative estimate of drug-likeness (QED) is 0.733. The monoisotopic (exact) mass is 416 g/mol. The number of hydrogen-bond donors (Lipinski definition) is 1. The molecule has 2 amide bonds. The summed E-state index contributed by atoms with van der Waals surface area (Å²) < 4.78 is 6.21. The van der Waals surface area contributed by atoms with Gasteiger partial charge in [0.2, 0.25) is 5.91 Å². The lowest BCUT2D eigenvalue weighted by molar-refractivity contribution is -0.125. The number of carbonyl (C=O) groups is 2. The minimum absolute atomic E-state index is 0.123. The van der Waals surface area contributed by atoms with E-state index < -0.39 is 0 Å². The Balaban J connectivity index is 2.03. The maximum Gasteiger partial charge on any atom is 0.251 e. The number of nitrogens with one attached hydrogen (secondary N) is 1. The van der Waals surface area contributed by atoms with Crippen LogP contribution in [-0.4, -0.2) is 37.9 Å². The second-order valence-electron chi connectivity index (χ2n) is 5.69. The predicted octanol–water partition coefficient (Wildman–Crippen LogP) is 3.49. The maximum absolute atomic E-state index is 12.3. The van der Waals surface area contributed by atoms with Crippen molar-refractivity contribution < 1.29 is 14.3 Å². The Kier molecular flexibility index (Phi) is 6.97. The molecule has 0 aliphatic carbocycles. The minimum Gasteiger partial charge on any atom is -0.496 e. The average Bonchev–Trinajstić information content (AvgIpc) is 2.66. The fraction of sp³-hybridized carbons (Fsp3) is 0.200. The van der Waals surface area contributed by atoms with Crippen molar-refractivity contribution in [3.05, 3.63) is 69.7 Å². The molecule has 0 saturated carbocycles. The molecule has 0 saturated heterocycles. The summed E-state index contributed by atoms with van der Waals surface area (Å²) in [5, 5.41) is 2.58. The summed E-state index contributed by atoms with van der Waals surface area (Å²) in [4.78, 5) is 25.5. The highest BCUT2D eigenvalue weighted by molar-refractivity contribution is 9.10. The number of rotatable bonds is 6. The molecule has 2 rings (SSSR count). The molecule has 0 spiro atoms. The minimum atomic E-state index is -0.133. The standard InChI is InChI=1S/C20H21BrN2O3/c1-22-20(25)15-6-4-14(5-7-15)13-23(2)19(24)11-8-16-12-17(21)9-10-18(16)26-3/h4-12H,13H2,1-3H3,(H,22,25)/b11-8+. The van der Waals surface area contributed by atoms with Crippen LogP contribution in [0.15, 0.2) is 53.0 Å². The molecule has 5 nitrogen and oxygen atoms in total. The lowest BCUT2D eigenvalue weighted by Crippen LogP contribution is -2.24. The van der Waals surface area contributed by atoms with E-state index in [-0.39, 0.29) is 11.8 Å². The molecule has 0 heterocycles. The van der Waals surface area contributed by atoms with E-state index in [2.05, 4.69) is 21.2 Å². The van der Waals surface area contributed by atoms with E-state index in [1.807, 2.05) is 30.3 Å². The fourth-order valence-electron chi connectivity index (χ4n) is 2.38. The van der Waals surface area contributed by atoms with Crippen molar-refractivity contribution >= 4 is 33.8 Å². The highest BCUT2D eigenvalue weighted by atomic mass is 79.9. The maximum atomic E-state index is 12.3. The first kappa shape index (κ1) is 19.7. The molecule has 0 aliphatic rings. The lowest BCUT2D eigenvalue weighted by Gasteiger charge is -2.15. The summed E-state index contributed by atoms with van der Waals surface area (Å²) in [6, 6.07) is 12.8. The zero-order valence-electron chi connectivity index (χ0n) is 15.0. The van der Waals surface area contributed by atoms with Crippen molar-refractivity contribution in [2.75, 3.05) is 21.2 Å². The molecule has 0 fully saturated rings. The summed E-state index contributed by atoms with van der Waals surface area (Å²) in [5.74, 6) is 0.444. The number of amides is 2. The Hall–Kier alpha value is -2.60. The van der Waals surface area contributed by atoms with Gasteiger partial charge in [-0.05, 0) is 42.0 Å². The molecular formula is C20H21BrN2O3.